The molecule has 3 aromatic carbocycles. The summed E-state index contributed by atoms with van der Waals surface area (Å²) in [5.41, 5.74) is 3.13. The lowest BCUT2D eigenvalue weighted by Gasteiger charge is -2.25. The number of hydrogen-bond donors (Lipinski definition) is 2. The Bertz CT molecular complexity index is 1350. The van der Waals surface area contributed by atoms with Crippen LogP contribution in [0.3, 0.4) is 0 Å². The normalized spacial score (nSPS) is 12.1. The molecular formula is C26H24Cl4N2O3. The fourth-order valence-electron chi connectivity index (χ4n) is 3.42. The smallest absolute Gasteiger partial charge is 0.148 e. The highest BCUT2D eigenvalue weighted by Gasteiger charge is 2.24. The van der Waals surface area contributed by atoms with Gasteiger partial charge in [0.1, 0.15) is 22.9 Å². The summed E-state index contributed by atoms with van der Waals surface area (Å²) in [6.07, 6.45) is 2.96. The predicted octanol–water partition coefficient (Wildman–Crippen LogP) is 8.83. The maximum Gasteiger partial charge on any atom is 0.148 e. The zero-order valence-electron chi connectivity index (χ0n) is 19.8. The van der Waals surface area contributed by atoms with Gasteiger partial charge in [-0.15, -0.1) is 0 Å². The molecule has 0 radical (unpaired) electrons. The van der Waals surface area contributed by atoms with Crippen molar-refractivity contribution < 1.29 is 14.9 Å². The largest absolute Gasteiger partial charge is 0.506 e. The Labute approximate surface area is 224 Å². The maximum absolute atomic E-state index is 10.3. The van der Waals surface area contributed by atoms with Crippen LogP contribution in [0.25, 0.3) is 0 Å². The van der Waals surface area contributed by atoms with Gasteiger partial charge in [0, 0.05) is 44.7 Å². The van der Waals surface area contributed by atoms with Crippen LogP contribution in [0.2, 0.25) is 20.1 Å². The molecule has 0 heterocycles. The van der Waals surface area contributed by atoms with Gasteiger partial charge >= 0.3 is 0 Å². The van der Waals surface area contributed by atoms with E-state index in [-0.39, 0.29) is 27.0 Å². The van der Waals surface area contributed by atoms with E-state index in [1.807, 2.05) is 33.8 Å². The monoisotopic (exact) mass is 552 g/mol. The van der Waals surface area contributed by atoms with Crippen molar-refractivity contribution in [3.8, 4) is 17.2 Å². The molecule has 0 atom stereocenters. The summed E-state index contributed by atoms with van der Waals surface area (Å²) in [5, 5.41) is 21.6. The molecule has 0 aliphatic heterocycles. The molecule has 0 bridgehead atoms. The van der Waals surface area contributed by atoms with E-state index in [1.165, 1.54) is 24.6 Å². The Morgan fingerprint density at radius 2 is 1.29 bits per heavy atom. The number of rotatable bonds is 5. The molecule has 0 saturated carbocycles. The zero-order chi connectivity index (χ0) is 26.1. The van der Waals surface area contributed by atoms with Gasteiger partial charge < -0.3 is 14.9 Å². The van der Waals surface area contributed by atoms with Crippen LogP contribution < -0.4 is 4.74 Å². The van der Waals surface area contributed by atoms with Crippen LogP contribution in [-0.2, 0) is 5.41 Å². The van der Waals surface area contributed by atoms with Crippen molar-refractivity contribution in [2.45, 2.75) is 33.1 Å². The van der Waals surface area contributed by atoms with E-state index < -0.39 is 0 Å². The molecule has 0 amide bonds. The molecule has 0 fully saturated rings. The molecule has 0 aliphatic carbocycles. The first-order valence-electron chi connectivity index (χ1n) is 10.5. The second kappa shape index (κ2) is 10.7. The predicted molar refractivity (Wildman–Crippen MR) is 147 cm³/mol. The van der Waals surface area contributed by atoms with E-state index in [1.54, 1.807) is 19.2 Å². The van der Waals surface area contributed by atoms with Crippen molar-refractivity contribution in [3.05, 3.63) is 72.7 Å². The van der Waals surface area contributed by atoms with Gasteiger partial charge in [-0.3, -0.25) is 9.98 Å². The lowest BCUT2D eigenvalue weighted by Crippen LogP contribution is -2.13. The first-order chi connectivity index (χ1) is 16.3. The van der Waals surface area contributed by atoms with Crippen LogP contribution >= 0.6 is 46.4 Å². The van der Waals surface area contributed by atoms with Crippen molar-refractivity contribution in [2.24, 2.45) is 9.98 Å². The topological polar surface area (TPSA) is 74.4 Å². The molecule has 0 aliphatic rings. The molecule has 0 aromatic heterocycles. The summed E-state index contributed by atoms with van der Waals surface area (Å²) in [6.45, 7) is 7.99. The van der Waals surface area contributed by atoms with E-state index >= 15 is 0 Å². The summed E-state index contributed by atoms with van der Waals surface area (Å²) < 4.78 is 5.76. The van der Waals surface area contributed by atoms with Gasteiger partial charge in [-0.2, -0.15) is 0 Å². The first kappa shape index (κ1) is 27.2. The number of hydrogen-bond acceptors (Lipinski definition) is 5. The SMILES string of the molecule is COc1c(C(C)(C)C)cc(N=Cc2cc(Cl)cc(Cl)c2O)c(C)c1N=Cc1cc(Cl)cc(Cl)c1O. The van der Waals surface area contributed by atoms with Crippen molar-refractivity contribution in [2.75, 3.05) is 7.11 Å². The fraction of sp³-hybridized carbons (Fsp3) is 0.231. The minimum absolute atomic E-state index is 0.117. The molecule has 5 nitrogen and oxygen atoms in total. The third kappa shape index (κ3) is 6.04. The average molecular weight is 554 g/mol. The van der Waals surface area contributed by atoms with E-state index in [0.29, 0.717) is 43.9 Å². The lowest BCUT2D eigenvalue weighted by atomic mass is 9.84. The van der Waals surface area contributed by atoms with E-state index in [4.69, 9.17) is 51.1 Å². The first-order valence-corrected chi connectivity index (χ1v) is 12.0. The Balaban J connectivity index is 2.22. The number of nitrogens with zero attached hydrogens (tertiary/aromatic N) is 2. The van der Waals surface area contributed by atoms with Crippen LogP contribution in [0.5, 0.6) is 17.2 Å². The van der Waals surface area contributed by atoms with E-state index in [0.717, 1.165) is 5.56 Å². The highest BCUT2D eigenvalue weighted by atomic mass is 35.5. The quantitative estimate of drug-likeness (QED) is 0.310. The molecule has 0 saturated heterocycles. The average Bonchev–Trinajstić information content (AvgIpc) is 2.76. The summed E-state index contributed by atoms with van der Waals surface area (Å²) >= 11 is 24.3. The number of phenols is 2. The number of aromatic hydroxyl groups is 2. The van der Waals surface area contributed by atoms with Gasteiger partial charge in [0.2, 0.25) is 0 Å². The molecule has 3 rings (SSSR count). The van der Waals surface area contributed by atoms with Crippen molar-refractivity contribution in [1.82, 2.24) is 0 Å². The van der Waals surface area contributed by atoms with E-state index in [9.17, 15) is 10.2 Å². The Hall–Kier alpha value is -2.44. The third-order valence-electron chi connectivity index (χ3n) is 5.28. The lowest BCUT2D eigenvalue weighted by molar-refractivity contribution is 0.399. The van der Waals surface area contributed by atoms with Gasteiger partial charge in [0.05, 0.1) is 22.8 Å². The Morgan fingerprint density at radius 1 is 0.800 bits per heavy atom. The van der Waals surface area contributed by atoms with Gasteiger partial charge in [-0.25, -0.2) is 0 Å². The Kier molecular flexibility index (Phi) is 8.28. The summed E-state index contributed by atoms with van der Waals surface area (Å²) in [4.78, 5) is 9.24. The van der Waals surface area contributed by atoms with Gasteiger partial charge in [0.25, 0.3) is 0 Å². The molecule has 0 unspecified atom stereocenters. The van der Waals surface area contributed by atoms with Gasteiger partial charge in [-0.1, -0.05) is 67.2 Å². The molecule has 9 heteroatoms. The van der Waals surface area contributed by atoms with Crippen LogP contribution in [-0.4, -0.2) is 29.8 Å². The van der Waals surface area contributed by atoms with Crippen molar-refractivity contribution in [3.63, 3.8) is 0 Å². The Morgan fingerprint density at radius 3 is 1.74 bits per heavy atom. The van der Waals surface area contributed by atoms with Crippen LogP contribution in [0, 0.1) is 6.92 Å². The van der Waals surface area contributed by atoms with Gasteiger partial charge in [-0.05, 0) is 42.7 Å². The number of phenolic OH excluding ortho intramolecular Hbond substituents is 2. The minimum atomic E-state index is -0.309. The summed E-state index contributed by atoms with van der Waals surface area (Å²) in [5.74, 6) is 0.329. The minimum Gasteiger partial charge on any atom is -0.506 e. The molecule has 35 heavy (non-hydrogen) atoms. The molecular weight excluding hydrogens is 530 g/mol. The highest BCUT2D eigenvalue weighted by Crippen LogP contribution is 2.45. The maximum atomic E-state index is 10.3. The second-order valence-electron chi connectivity index (χ2n) is 8.87. The van der Waals surface area contributed by atoms with Crippen LogP contribution in [0.1, 0.15) is 43.0 Å². The summed E-state index contributed by atoms with van der Waals surface area (Å²) in [7, 11) is 1.58. The number of methoxy groups -OCH3 is 1. The molecule has 0 spiro atoms. The third-order valence-corrected chi connectivity index (χ3v) is 6.30. The number of ether oxygens (including phenoxy) is 1. The molecule has 184 valence electrons. The van der Waals surface area contributed by atoms with Crippen LogP contribution in [0.15, 0.2) is 40.3 Å². The van der Waals surface area contributed by atoms with Crippen LogP contribution in [0.4, 0.5) is 11.4 Å². The zero-order valence-corrected chi connectivity index (χ0v) is 22.8. The highest BCUT2D eigenvalue weighted by molar-refractivity contribution is 6.36. The van der Waals surface area contributed by atoms with E-state index in [2.05, 4.69) is 9.98 Å². The molecule has 2 N–H and O–H groups in total. The fourth-order valence-corrected chi connectivity index (χ4v) is 4.44. The number of benzene rings is 3. The second-order valence-corrected chi connectivity index (χ2v) is 10.6. The van der Waals surface area contributed by atoms with Gasteiger partial charge in [0.15, 0.2) is 0 Å². The standard InChI is InChI=1S/C26H24Cl4N2O3/c1-13-21(31-11-14-6-16(27)8-19(29)23(14)33)10-18(26(2,3)4)25(35-5)22(13)32-12-15-7-17(28)9-20(30)24(15)34/h6-12,33-34H,1-5H3. The van der Waals surface area contributed by atoms with Crippen molar-refractivity contribution in [1.29, 1.82) is 0 Å². The van der Waals surface area contributed by atoms with Crippen molar-refractivity contribution >= 4 is 70.2 Å². The summed E-state index contributed by atoms with van der Waals surface area (Å²) in [6, 6.07) is 7.95. The number of aliphatic imine (C=N–C) groups is 2. The number of halogens is 4. The molecule has 3 aromatic rings.